The van der Waals surface area contributed by atoms with Crippen molar-refractivity contribution in [3.63, 3.8) is 0 Å². The lowest BCUT2D eigenvalue weighted by Gasteiger charge is -2.10. The number of hydrogen-bond donors (Lipinski definition) is 0. The highest BCUT2D eigenvalue weighted by atomic mass is 79.9. The zero-order valence-corrected chi connectivity index (χ0v) is 11.4. The summed E-state index contributed by atoms with van der Waals surface area (Å²) in [4.78, 5) is 0. The Morgan fingerprint density at radius 1 is 1.17 bits per heavy atom. The third-order valence-electron chi connectivity index (χ3n) is 2.43. The molecule has 0 amide bonds. The van der Waals surface area contributed by atoms with Gasteiger partial charge in [0.2, 0.25) is 0 Å². The summed E-state index contributed by atoms with van der Waals surface area (Å²) in [5.74, 6) is 1.03. The van der Waals surface area contributed by atoms with Gasteiger partial charge < -0.3 is 9.47 Å². The minimum absolute atomic E-state index is 0.261. The molecular formula is C14H12BrFO2. The average molecular weight is 311 g/mol. The van der Waals surface area contributed by atoms with Crippen LogP contribution < -0.4 is 9.47 Å². The Balaban J connectivity index is 2.12. The van der Waals surface area contributed by atoms with Crippen molar-refractivity contribution in [2.45, 2.75) is 6.61 Å². The van der Waals surface area contributed by atoms with Gasteiger partial charge in [0.15, 0.2) is 0 Å². The number of hydrogen-bond acceptors (Lipinski definition) is 2. The first-order chi connectivity index (χ1) is 8.69. The molecule has 2 rings (SSSR count). The van der Waals surface area contributed by atoms with E-state index in [0.717, 1.165) is 10.2 Å². The van der Waals surface area contributed by atoms with Gasteiger partial charge in [0.25, 0.3) is 0 Å². The molecule has 0 aromatic heterocycles. The fraction of sp³-hybridized carbons (Fsp3) is 0.143. The Labute approximate surface area is 113 Å². The third-order valence-corrected chi connectivity index (χ3v) is 2.93. The summed E-state index contributed by atoms with van der Waals surface area (Å²) in [5.41, 5.74) is 0.678. The number of rotatable bonds is 4. The Morgan fingerprint density at radius 2 is 2.00 bits per heavy atom. The summed E-state index contributed by atoms with van der Waals surface area (Å²) in [7, 11) is 1.55. The van der Waals surface area contributed by atoms with Crippen LogP contribution in [0.1, 0.15) is 5.56 Å². The van der Waals surface area contributed by atoms with E-state index < -0.39 is 0 Å². The molecule has 0 aliphatic heterocycles. The molecule has 0 atom stereocenters. The molecule has 94 valence electrons. The highest BCUT2D eigenvalue weighted by molar-refractivity contribution is 9.10. The van der Waals surface area contributed by atoms with Crippen molar-refractivity contribution in [2.75, 3.05) is 7.11 Å². The normalized spacial score (nSPS) is 10.2. The van der Waals surface area contributed by atoms with Crippen LogP contribution in [0.5, 0.6) is 11.5 Å². The molecule has 2 nitrogen and oxygen atoms in total. The van der Waals surface area contributed by atoms with Crippen LogP contribution in [0.4, 0.5) is 4.39 Å². The summed E-state index contributed by atoms with van der Waals surface area (Å²) < 4.78 is 24.8. The van der Waals surface area contributed by atoms with Gasteiger partial charge in [0, 0.05) is 10.0 Å². The standard InChI is InChI=1S/C14H12BrFO2/c1-17-14-6-5-12(16)7-10(14)9-18-13-4-2-3-11(15)8-13/h2-8H,9H2,1H3. The molecule has 2 aromatic rings. The van der Waals surface area contributed by atoms with Gasteiger partial charge in [0.05, 0.1) is 7.11 Å². The zero-order valence-electron chi connectivity index (χ0n) is 9.82. The average Bonchev–Trinajstić information content (AvgIpc) is 2.37. The van der Waals surface area contributed by atoms with E-state index in [-0.39, 0.29) is 12.4 Å². The largest absolute Gasteiger partial charge is 0.496 e. The quantitative estimate of drug-likeness (QED) is 0.843. The first-order valence-electron chi connectivity index (χ1n) is 5.40. The molecule has 0 spiro atoms. The van der Waals surface area contributed by atoms with E-state index >= 15 is 0 Å². The third kappa shape index (κ3) is 3.23. The molecule has 0 heterocycles. The number of methoxy groups -OCH3 is 1. The summed E-state index contributed by atoms with van der Waals surface area (Å²) in [6.45, 7) is 0.261. The maximum Gasteiger partial charge on any atom is 0.125 e. The fourth-order valence-corrected chi connectivity index (χ4v) is 1.96. The smallest absolute Gasteiger partial charge is 0.125 e. The van der Waals surface area contributed by atoms with E-state index in [0.29, 0.717) is 11.3 Å². The van der Waals surface area contributed by atoms with Crippen molar-refractivity contribution in [1.82, 2.24) is 0 Å². The van der Waals surface area contributed by atoms with E-state index in [9.17, 15) is 4.39 Å². The number of benzene rings is 2. The second-order valence-corrected chi connectivity index (χ2v) is 4.62. The highest BCUT2D eigenvalue weighted by Crippen LogP contribution is 2.23. The number of halogens is 2. The zero-order chi connectivity index (χ0) is 13.0. The van der Waals surface area contributed by atoms with Crippen molar-refractivity contribution in [2.24, 2.45) is 0 Å². The van der Waals surface area contributed by atoms with Crippen LogP contribution in [0.3, 0.4) is 0 Å². The lowest BCUT2D eigenvalue weighted by Crippen LogP contribution is -1.99. The first-order valence-corrected chi connectivity index (χ1v) is 6.19. The molecule has 0 aliphatic rings. The molecule has 0 aliphatic carbocycles. The van der Waals surface area contributed by atoms with E-state index in [1.807, 2.05) is 24.3 Å². The maximum atomic E-state index is 13.2. The maximum absolute atomic E-state index is 13.2. The molecule has 0 unspecified atom stereocenters. The highest BCUT2D eigenvalue weighted by Gasteiger charge is 2.05. The molecule has 2 aromatic carbocycles. The predicted molar refractivity (Wildman–Crippen MR) is 71.4 cm³/mol. The van der Waals surface area contributed by atoms with Crippen LogP contribution in [-0.2, 0) is 6.61 Å². The number of ether oxygens (including phenoxy) is 2. The van der Waals surface area contributed by atoms with Crippen LogP contribution in [-0.4, -0.2) is 7.11 Å². The van der Waals surface area contributed by atoms with E-state index in [2.05, 4.69) is 15.9 Å². The van der Waals surface area contributed by atoms with Gasteiger partial charge >= 0.3 is 0 Å². The van der Waals surface area contributed by atoms with Crippen molar-refractivity contribution < 1.29 is 13.9 Å². The van der Waals surface area contributed by atoms with E-state index in [4.69, 9.17) is 9.47 Å². The molecule has 0 bridgehead atoms. The summed E-state index contributed by atoms with van der Waals surface area (Å²) in [5, 5.41) is 0. The topological polar surface area (TPSA) is 18.5 Å². The van der Waals surface area contributed by atoms with Crippen LogP contribution in [0.25, 0.3) is 0 Å². The second kappa shape index (κ2) is 5.87. The van der Waals surface area contributed by atoms with Crippen LogP contribution in [0.2, 0.25) is 0 Å². The lowest BCUT2D eigenvalue weighted by molar-refractivity contribution is 0.295. The van der Waals surface area contributed by atoms with Crippen molar-refractivity contribution in [1.29, 1.82) is 0 Å². The van der Waals surface area contributed by atoms with Gasteiger partial charge in [-0.3, -0.25) is 0 Å². The van der Waals surface area contributed by atoms with Gasteiger partial charge in [0.1, 0.15) is 23.9 Å². The van der Waals surface area contributed by atoms with Gasteiger partial charge in [-0.05, 0) is 36.4 Å². The second-order valence-electron chi connectivity index (χ2n) is 3.70. The molecule has 0 N–H and O–H groups in total. The first kappa shape index (κ1) is 12.9. The van der Waals surface area contributed by atoms with Crippen molar-refractivity contribution in [3.8, 4) is 11.5 Å². The Bertz CT molecular complexity index is 543. The van der Waals surface area contributed by atoms with Crippen molar-refractivity contribution >= 4 is 15.9 Å². The molecule has 0 saturated carbocycles. The summed E-state index contributed by atoms with van der Waals surface area (Å²) in [6.07, 6.45) is 0. The Morgan fingerprint density at radius 3 is 2.72 bits per heavy atom. The van der Waals surface area contributed by atoms with Crippen LogP contribution >= 0.6 is 15.9 Å². The van der Waals surface area contributed by atoms with E-state index in [1.165, 1.54) is 12.1 Å². The SMILES string of the molecule is COc1ccc(F)cc1COc1cccc(Br)c1. The predicted octanol–water partition coefficient (Wildman–Crippen LogP) is 4.18. The lowest BCUT2D eigenvalue weighted by atomic mass is 10.2. The van der Waals surface area contributed by atoms with Crippen LogP contribution in [0, 0.1) is 5.82 Å². The van der Waals surface area contributed by atoms with Gasteiger partial charge in [-0.1, -0.05) is 22.0 Å². The molecule has 18 heavy (non-hydrogen) atoms. The summed E-state index contributed by atoms with van der Waals surface area (Å²) in [6, 6.07) is 11.9. The molecule has 4 heteroatoms. The molecule has 0 saturated heterocycles. The minimum atomic E-state index is -0.302. The van der Waals surface area contributed by atoms with E-state index in [1.54, 1.807) is 13.2 Å². The Kier molecular flexibility index (Phi) is 4.20. The summed E-state index contributed by atoms with van der Waals surface area (Å²) >= 11 is 3.36. The monoisotopic (exact) mass is 310 g/mol. The Hall–Kier alpha value is -1.55. The van der Waals surface area contributed by atoms with Crippen molar-refractivity contribution in [3.05, 3.63) is 58.3 Å². The van der Waals surface area contributed by atoms with Gasteiger partial charge in [-0.25, -0.2) is 4.39 Å². The molecular weight excluding hydrogens is 299 g/mol. The van der Waals surface area contributed by atoms with Gasteiger partial charge in [-0.2, -0.15) is 0 Å². The molecule has 0 fully saturated rings. The molecule has 0 radical (unpaired) electrons. The fourth-order valence-electron chi connectivity index (χ4n) is 1.58. The van der Waals surface area contributed by atoms with Gasteiger partial charge in [-0.15, -0.1) is 0 Å². The minimum Gasteiger partial charge on any atom is -0.496 e. The van der Waals surface area contributed by atoms with Crippen LogP contribution in [0.15, 0.2) is 46.9 Å².